The van der Waals surface area contributed by atoms with Crippen molar-refractivity contribution in [2.75, 3.05) is 19.2 Å². The molecule has 260 valence electrons. The van der Waals surface area contributed by atoms with Crippen LogP contribution in [0.2, 0.25) is 0 Å². The molecular formula is C33H28F2N4O9S2. The van der Waals surface area contributed by atoms with E-state index in [0.29, 0.717) is 0 Å². The Morgan fingerprint density at radius 1 is 0.640 bits per heavy atom. The molecule has 0 saturated heterocycles. The van der Waals surface area contributed by atoms with E-state index in [2.05, 4.69) is 10.6 Å². The number of sulfonamides is 2. The van der Waals surface area contributed by atoms with E-state index in [1.807, 2.05) is 0 Å². The predicted octanol–water partition coefficient (Wildman–Crippen LogP) is 5.39. The highest BCUT2D eigenvalue weighted by Crippen LogP contribution is 2.39. The third kappa shape index (κ3) is 6.20. The summed E-state index contributed by atoms with van der Waals surface area (Å²) in [6.07, 6.45) is -1.03. The molecule has 13 nitrogen and oxygen atoms in total. The minimum absolute atomic E-state index is 0.0375. The SMILES string of the molecule is CC[C@H]1C(=O)Nc2ccc(F)cc2N1S(=O)(=O)c1ccc(OC(=O)Oc2ccc(S(=O)(=O)N3c4cc(F)ccc4NC(=O)[C@@H]3CC)cc2)cc1. The van der Waals surface area contributed by atoms with E-state index in [1.165, 1.54) is 36.4 Å². The normalized spacial score (nSPS) is 17.3. The highest BCUT2D eigenvalue weighted by molar-refractivity contribution is 7.93. The molecule has 0 bridgehead atoms. The first-order valence-electron chi connectivity index (χ1n) is 15.1. The van der Waals surface area contributed by atoms with Gasteiger partial charge in [0, 0.05) is 12.1 Å². The summed E-state index contributed by atoms with van der Waals surface area (Å²) in [6.45, 7) is 3.23. The molecule has 17 heteroatoms. The largest absolute Gasteiger partial charge is 0.519 e. The number of nitrogens with one attached hydrogen (secondary N) is 2. The number of fused-ring (bicyclic) bond motifs is 2. The van der Waals surface area contributed by atoms with Crippen LogP contribution in [-0.2, 0) is 29.6 Å². The molecule has 2 N–H and O–H groups in total. The van der Waals surface area contributed by atoms with Gasteiger partial charge in [-0.15, -0.1) is 0 Å². The van der Waals surface area contributed by atoms with Gasteiger partial charge < -0.3 is 20.1 Å². The molecule has 0 unspecified atom stereocenters. The van der Waals surface area contributed by atoms with Gasteiger partial charge in [-0.1, -0.05) is 13.8 Å². The molecule has 2 atom stereocenters. The number of rotatable bonds is 8. The van der Waals surface area contributed by atoms with Crippen molar-refractivity contribution >= 4 is 60.8 Å². The Labute approximate surface area is 285 Å². The molecule has 2 heterocycles. The van der Waals surface area contributed by atoms with Crippen molar-refractivity contribution in [3.8, 4) is 11.5 Å². The zero-order chi connectivity index (χ0) is 36.0. The topological polar surface area (TPSA) is 168 Å². The number of carbonyl (C=O) groups excluding carboxylic acids is 3. The van der Waals surface area contributed by atoms with E-state index in [4.69, 9.17) is 9.47 Å². The minimum atomic E-state index is -4.39. The van der Waals surface area contributed by atoms with Crippen LogP contribution in [0.4, 0.5) is 36.3 Å². The summed E-state index contributed by atoms with van der Waals surface area (Å²) in [7, 11) is -8.78. The van der Waals surface area contributed by atoms with Crippen molar-refractivity contribution in [3.63, 3.8) is 0 Å². The van der Waals surface area contributed by atoms with Gasteiger partial charge in [0.1, 0.15) is 35.2 Å². The zero-order valence-corrected chi connectivity index (χ0v) is 27.9. The Morgan fingerprint density at radius 2 is 1.00 bits per heavy atom. The number of hydrogen-bond donors (Lipinski definition) is 2. The Bertz CT molecular complexity index is 2080. The van der Waals surface area contributed by atoms with Crippen LogP contribution in [0.15, 0.2) is 94.7 Å². The molecule has 0 aliphatic carbocycles. The van der Waals surface area contributed by atoms with Crippen LogP contribution < -0.4 is 28.7 Å². The first kappa shape index (κ1) is 34.3. The summed E-state index contributed by atoms with van der Waals surface area (Å²) >= 11 is 0. The number of ether oxygens (including phenoxy) is 2. The third-order valence-corrected chi connectivity index (χ3v) is 11.7. The number of nitrogens with zero attached hydrogens (tertiary/aromatic N) is 2. The molecule has 0 radical (unpaired) electrons. The van der Waals surface area contributed by atoms with Gasteiger partial charge in [0.2, 0.25) is 11.8 Å². The number of benzene rings is 4. The quantitative estimate of drug-likeness (QED) is 0.179. The lowest BCUT2D eigenvalue weighted by molar-refractivity contribution is -0.118. The number of amides is 2. The lowest BCUT2D eigenvalue weighted by Crippen LogP contribution is -2.50. The number of carbonyl (C=O) groups is 3. The molecule has 0 spiro atoms. The molecule has 2 aliphatic rings. The Morgan fingerprint density at radius 3 is 1.34 bits per heavy atom. The van der Waals surface area contributed by atoms with Crippen LogP contribution in [0.25, 0.3) is 0 Å². The van der Waals surface area contributed by atoms with Gasteiger partial charge in [-0.2, -0.15) is 0 Å². The van der Waals surface area contributed by atoms with Crippen molar-refractivity contribution in [2.45, 2.75) is 48.6 Å². The van der Waals surface area contributed by atoms with Gasteiger partial charge >= 0.3 is 6.16 Å². The average Bonchev–Trinajstić information content (AvgIpc) is 3.07. The summed E-state index contributed by atoms with van der Waals surface area (Å²) in [6, 6.07) is 13.8. The van der Waals surface area contributed by atoms with Crippen molar-refractivity contribution in [2.24, 2.45) is 0 Å². The summed E-state index contributed by atoms with van der Waals surface area (Å²) in [5, 5.41) is 5.17. The van der Waals surface area contributed by atoms with E-state index < -0.39 is 61.7 Å². The molecule has 50 heavy (non-hydrogen) atoms. The van der Waals surface area contributed by atoms with Crippen LogP contribution in [0.3, 0.4) is 0 Å². The Hall–Kier alpha value is -5.55. The first-order valence-corrected chi connectivity index (χ1v) is 18.0. The van der Waals surface area contributed by atoms with Crippen LogP contribution >= 0.6 is 0 Å². The van der Waals surface area contributed by atoms with Crippen molar-refractivity contribution in [1.29, 1.82) is 0 Å². The zero-order valence-electron chi connectivity index (χ0n) is 26.3. The fraction of sp³-hybridized carbons (Fsp3) is 0.182. The second kappa shape index (κ2) is 13.1. The second-order valence-corrected chi connectivity index (χ2v) is 14.8. The van der Waals surface area contributed by atoms with Crippen LogP contribution in [-0.4, -0.2) is 46.9 Å². The molecule has 2 aliphatic heterocycles. The number of anilines is 4. The van der Waals surface area contributed by atoms with E-state index in [9.17, 15) is 40.0 Å². The second-order valence-electron chi connectivity index (χ2n) is 11.1. The van der Waals surface area contributed by atoms with Crippen molar-refractivity contribution in [3.05, 3.63) is 96.6 Å². The van der Waals surface area contributed by atoms with Gasteiger partial charge in [0.05, 0.1) is 32.5 Å². The minimum Gasteiger partial charge on any atom is -0.395 e. The van der Waals surface area contributed by atoms with Gasteiger partial charge in [-0.05, 0) is 85.6 Å². The lowest BCUT2D eigenvalue weighted by Gasteiger charge is -2.36. The van der Waals surface area contributed by atoms with Crippen molar-refractivity contribution < 1.29 is 49.5 Å². The maximum atomic E-state index is 14.1. The van der Waals surface area contributed by atoms with E-state index in [0.717, 1.165) is 57.1 Å². The Balaban J connectivity index is 1.17. The average molecular weight is 727 g/mol. The highest BCUT2D eigenvalue weighted by atomic mass is 32.2. The summed E-state index contributed by atoms with van der Waals surface area (Å²) < 4.78 is 95.0. The maximum Gasteiger partial charge on any atom is 0.519 e. The number of hydrogen-bond acceptors (Lipinski definition) is 9. The standard InChI is InChI=1S/C33H28F2N4O9S2/c1-3-27-31(40)36-25-15-5-19(34)17-29(25)38(27)49(43,44)23-11-7-21(8-12-23)47-33(42)48-22-9-13-24(14-10-22)50(45,46)39-28(4-2)32(41)37-26-16-6-20(35)18-30(26)39/h5-18,27-28H,3-4H2,1-2H3,(H,36,40)(H,37,41)/t27-,28-/m0/s1. The Kier molecular flexibility index (Phi) is 8.96. The fourth-order valence-corrected chi connectivity index (χ4v) is 9.06. The summed E-state index contributed by atoms with van der Waals surface area (Å²) in [5.41, 5.74) is 0.180. The van der Waals surface area contributed by atoms with Crippen molar-refractivity contribution in [1.82, 2.24) is 0 Å². The fourth-order valence-electron chi connectivity index (χ4n) is 5.66. The molecule has 0 saturated carbocycles. The molecule has 0 fully saturated rings. The maximum absolute atomic E-state index is 14.1. The van der Waals surface area contributed by atoms with E-state index in [-0.39, 0.29) is 56.9 Å². The van der Waals surface area contributed by atoms with Gasteiger partial charge in [0.15, 0.2) is 0 Å². The highest BCUT2D eigenvalue weighted by Gasteiger charge is 2.41. The molecule has 4 aromatic rings. The van der Waals surface area contributed by atoms with Crippen LogP contribution in [0, 0.1) is 11.6 Å². The first-order chi connectivity index (χ1) is 23.7. The van der Waals surface area contributed by atoms with Gasteiger partial charge in [-0.3, -0.25) is 18.2 Å². The summed E-state index contributed by atoms with van der Waals surface area (Å²) in [4.78, 5) is 37.4. The van der Waals surface area contributed by atoms with Crippen LogP contribution in [0.1, 0.15) is 26.7 Å². The number of halogens is 2. The molecule has 0 aromatic heterocycles. The van der Waals surface area contributed by atoms with Gasteiger partial charge in [0.25, 0.3) is 20.0 Å². The third-order valence-electron chi connectivity index (χ3n) is 8.02. The van der Waals surface area contributed by atoms with E-state index in [1.54, 1.807) is 13.8 Å². The molecule has 4 aromatic carbocycles. The monoisotopic (exact) mass is 726 g/mol. The van der Waals surface area contributed by atoms with E-state index >= 15 is 0 Å². The predicted molar refractivity (Wildman–Crippen MR) is 177 cm³/mol. The lowest BCUT2D eigenvalue weighted by atomic mass is 10.1. The summed E-state index contributed by atoms with van der Waals surface area (Å²) in [5.74, 6) is -2.76. The molecular weight excluding hydrogens is 699 g/mol. The molecule has 6 rings (SSSR count). The van der Waals surface area contributed by atoms with Crippen LogP contribution in [0.5, 0.6) is 11.5 Å². The molecule has 2 amide bonds. The smallest absolute Gasteiger partial charge is 0.395 e. The van der Waals surface area contributed by atoms with Gasteiger partial charge in [-0.25, -0.2) is 30.4 Å².